The first-order valence-corrected chi connectivity index (χ1v) is 18.8. The fraction of sp³-hybridized carbons (Fsp3) is 0.0526. The van der Waals surface area contributed by atoms with Crippen LogP contribution < -0.4 is 31.1 Å². The Bertz CT molecular complexity index is 2170. The van der Waals surface area contributed by atoms with Crippen LogP contribution in [0.2, 0.25) is 0 Å². The number of anilines is 2. The second-order valence-corrected chi connectivity index (χ2v) is 15.0. The molecule has 2 atom stereocenters. The van der Waals surface area contributed by atoms with E-state index in [0.29, 0.717) is 0 Å². The number of hydrogen-bond acceptors (Lipinski definition) is 8. The van der Waals surface area contributed by atoms with Gasteiger partial charge in [0, 0.05) is 5.57 Å². The Labute approximate surface area is 291 Å². The monoisotopic (exact) mass is 702 g/mol. The lowest BCUT2D eigenvalue weighted by molar-refractivity contribution is 0.596. The molecule has 252 valence electrons. The number of nitrogens with zero attached hydrogens (tertiary/aromatic N) is 2. The van der Waals surface area contributed by atoms with Gasteiger partial charge in [-0.2, -0.15) is 0 Å². The summed E-state index contributed by atoms with van der Waals surface area (Å²) in [6, 6.07) is 42.4. The predicted molar refractivity (Wildman–Crippen MR) is 196 cm³/mol. The third-order valence-electron chi connectivity index (χ3n) is 8.55. The van der Waals surface area contributed by atoms with Crippen molar-refractivity contribution in [2.24, 2.45) is 10.3 Å². The van der Waals surface area contributed by atoms with Crippen LogP contribution in [0.5, 0.6) is 0 Å². The zero-order valence-corrected chi connectivity index (χ0v) is 28.3. The summed E-state index contributed by atoms with van der Waals surface area (Å²) in [6.07, 6.45) is 6.38. The molecule has 0 saturated heterocycles. The predicted octanol–water partition coefficient (Wildman–Crippen LogP) is 5.66. The van der Waals surface area contributed by atoms with E-state index in [2.05, 4.69) is 29.1 Å². The van der Waals surface area contributed by atoms with Crippen LogP contribution in [0, 0.1) is 0 Å². The highest BCUT2D eigenvalue weighted by molar-refractivity contribution is 7.89. The number of benzene rings is 5. The standard InChI is InChI=1S/C38H34N6O4S2/c39-49(45,46)32-20-16-30(17-21-32)43-37(28-12-6-2-7-13-28)25-35(41-43)34(24-27-10-4-1-5-11-27)36-26-38(29-14-8-3-9-15-29)44(42-36)31-18-22-33(23-19-31)50(40,47)48/h1-26,37-38,41-42H,(H2,39,45,46)(H2,40,47,48). The maximum atomic E-state index is 12.0. The lowest BCUT2D eigenvalue weighted by atomic mass is 10.00. The zero-order valence-electron chi connectivity index (χ0n) is 26.7. The Hall–Kier alpha value is -5.66. The molecule has 5 aromatic rings. The van der Waals surface area contributed by atoms with Gasteiger partial charge in [0.15, 0.2) is 0 Å². The quantitative estimate of drug-likeness (QED) is 0.154. The molecule has 2 aliphatic heterocycles. The van der Waals surface area contributed by atoms with Gasteiger partial charge in [0.1, 0.15) is 0 Å². The van der Waals surface area contributed by atoms with Crippen LogP contribution >= 0.6 is 0 Å². The van der Waals surface area contributed by atoms with Gasteiger partial charge in [0.25, 0.3) is 0 Å². The minimum Gasteiger partial charge on any atom is -0.297 e. The molecular weight excluding hydrogens is 669 g/mol. The molecule has 0 bridgehead atoms. The normalized spacial score (nSPS) is 17.4. The van der Waals surface area contributed by atoms with Crippen LogP contribution in [-0.2, 0) is 20.0 Å². The summed E-state index contributed by atoms with van der Waals surface area (Å²) in [7, 11) is -7.72. The Kier molecular flexibility index (Phi) is 8.76. The SMILES string of the molecule is NS(=O)(=O)c1ccc(N2NC(C(=Cc3ccccc3)C3=CC(c4ccccc4)N(c4ccc(S(N)(=O)=O)cc4)N3)=CC2c2ccccc2)cc1. The van der Waals surface area contributed by atoms with E-state index in [9.17, 15) is 16.8 Å². The number of hydrogen-bond donors (Lipinski definition) is 4. The van der Waals surface area contributed by atoms with E-state index in [4.69, 9.17) is 10.3 Å². The van der Waals surface area contributed by atoms with E-state index in [-0.39, 0.29) is 21.9 Å². The number of nitrogens with two attached hydrogens (primary N) is 2. The Morgan fingerprint density at radius 2 is 0.880 bits per heavy atom. The first-order chi connectivity index (χ1) is 24.0. The lowest BCUT2D eigenvalue weighted by Crippen LogP contribution is -2.37. The van der Waals surface area contributed by atoms with E-state index < -0.39 is 20.0 Å². The van der Waals surface area contributed by atoms with Crippen molar-refractivity contribution >= 4 is 37.5 Å². The maximum Gasteiger partial charge on any atom is 0.238 e. The average molecular weight is 703 g/mol. The van der Waals surface area contributed by atoms with Crippen LogP contribution in [0.15, 0.2) is 178 Å². The first-order valence-electron chi connectivity index (χ1n) is 15.7. The van der Waals surface area contributed by atoms with Gasteiger partial charge in [0.2, 0.25) is 20.0 Å². The minimum atomic E-state index is -3.86. The summed E-state index contributed by atoms with van der Waals surface area (Å²) in [5.41, 5.74) is 14.2. The van der Waals surface area contributed by atoms with Gasteiger partial charge in [0.05, 0.1) is 44.6 Å². The Balaban J connectivity index is 1.33. The second kappa shape index (κ2) is 13.3. The summed E-state index contributed by atoms with van der Waals surface area (Å²) >= 11 is 0. The van der Waals surface area contributed by atoms with Crippen LogP contribution in [0.3, 0.4) is 0 Å². The summed E-state index contributed by atoms with van der Waals surface area (Å²) in [6.45, 7) is 0. The molecule has 2 heterocycles. The van der Waals surface area contributed by atoms with Crippen molar-refractivity contribution in [2.75, 3.05) is 10.0 Å². The molecule has 0 aromatic heterocycles. The molecule has 10 nitrogen and oxygen atoms in total. The number of nitrogens with one attached hydrogen (secondary N) is 2. The molecular formula is C38H34N6O4S2. The first kappa shape index (κ1) is 32.9. The number of primary sulfonamides is 2. The van der Waals surface area contributed by atoms with Gasteiger partial charge in [-0.15, -0.1) is 0 Å². The fourth-order valence-corrected chi connectivity index (χ4v) is 7.12. The van der Waals surface area contributed by atoms with Crippen LogP contribution in [-0.4, -0.2) is 16.8 Å². The molecule has 2 unspecified atom stereocenters. The third-order valence-corrected chi connectivity index (χ3v) is 10.4. The van der Waals surface area contributed by atoms with Crippen LogP contribution in [0.25, 0.3) is 6.08 Å². The van der Waals surface area contributed by atoms with Gasteiger partial charge in [-0.1, -0.05) is 91.0 Å². The fourth-order valence-electron chi connectivity index (χ4n) is 6.09. The average Bonchev–Trinajstić information content (AvgIpc) is 3.77. The smallest absolute Gasteiger partial charge is 0.238 e. The van der Waals surface area contributed by atoms with E-state index >= 15 is 0 Å². The van der Waals surface area contributed by atoms with Gasteiger partial charge >= 0.3 is 0 Å². The molecule has 0 fully saturated rings. The largest absolute Gasteiger partial charge is 0.297 e. The van der Waals surface area contributed by atoms with E-state index in [1.165, 1.54) is 24.3 Å². The molecule has 0 saturated carbocycles. The molecule has 0 aliphatic carbocycles. The number of hydrazine groups is 2. The van der Waals surface area contributed by atoms with Crippen molar-refractivity contribution in [1.29, 1.82) is 0 Å². The minimum absolute atomic E-state index is 0.0269. The van der Waals surface area contributed by atoms with Gasteiger partial charge in [-0.25, -0.2) is 27.1 Å². The van der Waals surface area contributed by atoms with E-state index in [0.717, 1.165) is 45.0 Å². The number of rotatable bonds is 9. The molecule has 0 radical (unpaired) electrons. The molecule has 6 N–H and O–H groups in total. The summed E-state index contributed by atoms with van der Waals surface area (Å²) in [5.74, 6) is 0. The van der Waals surface area contributed by atoms with Gasteiger partial charge in [-0.05, 0) is 83.4 Å². The molecule has 12 heteroatoms. The molecule has 5 aromatic carbocycles. The maximum absolute atomic E-state index is 12.0. The van der Waals surface area contributed by atoms with Crippen LogP contribution in [0.1, 0.15) is 28.8 Å². The topological polar surface area (TPSA) is 151 Å². The summed E-state index contributed by atoms with van der Waals surface area (Å²) < 4.78 is 48.1. The van der Waals surface area contributed by atoms with Crippen molar-refractivity contribution in [2.45, 2.75) is 21.9 Å². The highest BCUT2D eigenvalue weighted by Crippen LogP contribution is 2.40. The van der Waals surface area contributed by atoms with E-state index in [1.807, 2.05) is 101 Å². The van der Waals surface area contributed by atoms with Crippen molar-refractivity contribution in [3.8, 4) is 0 Å². The van der Waals surface area contributed by atoms with Crippen molar-refractivity contribution in [3.05, 3.63) is 185 Å². The van der Waals surface area contributed by atoms with Gasteiger partial charge < -0.3 is 0 Å². The zero-order chi connectivity index (χ0) is 34.9. The Morgan fingerprint density at radius 1 is 0.520 bits per heavy atom. The van der Waals surface area contributed by atoms with Gasteiger partial charge in [-0.3, -0.25) is 20.9 Å². The molecule has 2 aliphatic rings. The highest BCUT2D eigenvalue weighted by atomic mass is 32.2. The van der Waals surface area contributed by atoms with E-state index in [1.54, 1.807) is 24.3 Å². The van der Waals surface area contributed by atoms with Crippen molar-refractivity contribution in [3.63, 3.8) is 0 Å². The van der Waals surface area contributed by atoms with Crippen molar-refractivity contribution in [1.82, 2.24) is 10.9 Å². The molecule has 0 amide bonds. The summed E-state index contributed by atoms with van der Waals surface area (Å²) in [5, 5.41) is 14.8. The summed E-state index contributed by atoms with van der Waals surface area (Å²) in [4.78, 5) is 0.0537. The molecule has 50 heavy (non-hydrogen) atoms. The highest BCUT2D eigenvalue weighted by Gasteiger charge is 2.33. The van der Waals surface area contributed by atoms with Crippen molar-refractivity contribution < 1.29 is 16.8 Å². The molecule has 0 spiro atoms. The van der Waals surface area contributed by atoms with Crippen LogP contribution in [0.4, 0.5) is 11.4 Å². The third kappa shape index (κ3) is 6.91. The Morgan fingerprint density at radius 3 is 1.24 bits per heavy atom. The second-order valence-electron chi connectivity index (χ2n) is 11.9. The lowest BCUT2D eigenvalue weighted by Gasteiger charge is -2.29. The number of sulfonamides is 2. The molecule has 7 rings (SSSR count).